The van der Waals surface area contributed by atoms with E-state index in [9.17, 15) is 18.4 Å². The number of ether oxygens (including phenoxy) is 1. The molecule has 2 atom stereocenters. The molecule has 7 nitrogen and oxygen atoms in total. The summed E-state index contributed by atoms with van der Waals surface area (Å²) in [5, 5.41) is 9.36. The third-order valence-electron chi connectivity index (χ3n) is 5.21. The maximum absolute atomic E-state index is 13.4. The Hall–Kier alpha value is -2.07. The van der Waals surface area contributed by atoms with Crippen molar-refractivity contribution in [3.8, 4) is 5.75 Å². The van der Waals surface area contributed by atoms with Crippen LogP contribution in [-0.2, 0) is 14.8 Å². The normalized spacial score (nSPS) is 20.3. The van der Waals surface area contributed by atoms with E-state index in [1.54, 1.807) is 29.4 Å². The molecule has 30 heavy (non-hydrogen) atoms. The molecular formula is C21H26N2O5S2. The highest BCUT2D eigenvalue weighted by Crippen LogP contribution is 2.33. The lowest BCUT2D eigenvalue weighted by Crippen LogP contribution is -2.52. The topological polar surface area (TPSA) is 95.9 Å². The molecule has 9 heteroatoms. The zero-order chi connectivity index (χ0) is 21.6. The van der Waals surface area contributed by atoms with Gasteiger partial charge in [0, 0.05) is 17.2 Å². The van der Waals surface area contributed by atoms with Gasteiger partial charge >= 0.3 is 0 Å². The fraction of sp³-hybridized carbons (Fsp3) is 0.381. The van der Waals surface area contributed by atoms with Crippen LogP contribution in [0.15, 0.2) is 64.4 Å². The Labute approximate surface area is 181 Å². The van der Waals surface area contributed by atoms with Crippen LogP contribution in [0.2, 0.25) is 0 Å². The third kappa shape index (κ3) is 5.15. The Morgan fingerprint density at radius 3 is 2.50 bits per heavy atom. The Morgan fingerprint density at radius 1 is 1.17 bits per heavy atom. The number of carbonyl (C=O) groups is 1. The van der Waals surface area contributed by atoms with Gasteiger partial charge in [-0.3, -0.25) is 10.0 Å². The van der Waals surface area contributed by atoms with E-state index in [1.807, 2.05) is 30.3 Å². The van der Waals surface area contributed by atoms with Gasteiger partial charge in [0.15, 0.2) is 0 Å². The summed E-state index contributed by atoms with van der Waals surface area (Å²) < 4.78 is 33.2. The Morgan fingerprint density at radius 2 is 1.87 bits per heavy atom. The summed E-state index contributed by atoms with van der Waals surface area (Å²) in [5.41, 5.74) is 1.69. The lowest BCUT2D eigenvalue weighted by atomic mass is 9.97. The number of hydrogen-bond acceptors (Lipinski definition) is 6. The number of benzene rings is 2. The van der Waals surface area contributed by atoms with E-state index in [0.717, 1.165) is 11.3 Å². The second-order valence-electron chi connectivity index (χ2n) is 7.09. The molecule has 0 bridgehead atoms. The Balaban J connectivity index is 1.90. The maximum atomic E-state index is 13.4. The van der Waals surface area contributed by atoms with Gasteiger partial charge in [0.1, 0.15) is 11.8 Å². The van der Waals surface area contributed by atoms with Crippen molar-refractivity contribution in [3.05, 3.63) is 54.6 Å². The largest absolute Gasteiger partial charge is 0.497 e. The highest BCUT2D eigenvalue weighted by atomic mass is 32.2. The highest BCUT2D eigenvalue weighted by molar-refractivity contribution is 7.99. The first-order valence-electron chi connectivity index (χ1n) is 9.75. The minimum atomic E-state index is -3.93. The summed E-state index contributed by atoms with van der Waals surface area (Å²) in [4.78, 5) is 13.8. The third-order valence-corrected chi connectivity index (χ3v) is 8.31. The average Bonchev–Trinajstić information content (AvgIpc) is 3.01. The summed E-state index contributed by atoms with van der Waals surface area (Å²) in [6.07, 6.45) is 2.16. The van der Waals surface area contributed by atoms with E-state index in [4.69, 9.17) is 4.74 Å². The van der Waals surface area contributed by atoms with Crippen molar-refractivity contribution in [2.45, 2.75) is 35.1 Å². The second kappa shape index (κ2) is 10.3. The zero-order valence-corrected chi connectivity index (χ0v) is 18.4. The summed E-state index contributed by atoms with van der Waals surface area (Å²) >= 11 is 1.58. The van der Waals surface area contributed by atoms with E-state index in [1.165, 1.54) is 23.5 Å². The van der Waals surface area contributed by atoms with Crippen LogP contribution >= 0.6 is 11.8 Å². The number of thioether (sulfide) groups is 1. The van der Waals surface area contributed by atoms with Gasteiger partial charge in [-0.25, -0.2) is 13.9 Å². The predicted molar refractivity (Wildman–Crippen MR) is 115 cm³/mol. The molecule has 3 rings (SSSR count). The summed E-state index contributed by atoms with van der Waals surface area (Å²) in [6.45, 7) is 0.221. The van der Waals surface area contributed by atoms with Crippen molar-refractivity contribution in [1.82, 2.24) is 9.79 Å². The summed E-state index contributed by atoms with van der Waals surface area (Å²) in [7, 11) is -2.43. The van der Waals surface area contributed by atoms with Crippen molar-refractivity contribution >= 4 is 27.7 Å². The summed E-state index contributed by atoms with van der Waals surface area (Å²) in [5.74, 6) is 0.175. The average molecular weight is 451 g/mol. The molecule has 1 aliphatic rings. The van der Waals surface area contributed by atoms with E-state index >= 15 is 0 Å². The molecule has 1 heterocycles. The molecule has 2 aromatic carbocycles. The minimum absolute atomic E-state index is 0.0930. The summed E-state index contributed by atoms with van der Waals surface area (Å²) in [6, 6.07) is 14.9. The van der Waals surface area contributed by atoms with Crippen molar-refractivity contribution < 1.29 is 23.2 Å². The van der Waals surface area contributed by atoms with Gasteiger partial charge < -0.3 is 4.74 Å². The van der Waals surface area contributed by atoms with Gasteiger partial charge in [-0.1, -0.05) is 24.6 Å². The second-order valence-corrected chi connectivity index (χ2v) is 10.1. The van der Waals surface area contributed by atoms with Gasteiger partial charge in [0.05, 0.1) is 12.0 Å². The fourth-order valence-electron chi connectivity index (χ4n) is 3.66. The van der Waals surface area contributed by atoms with Crippen LogP contribution in [0.25, 0.3) is 0 Å². The number of rotatable bonds is 7. The smallest absolute Gasteiger partial charge is 0.262 e. The van der Waals surface area contributed by atoms with Crippen LogP contribution in [0.5, 0.6) is 5.75 Å². The van der Waals surface area contributed by atoms with E-state index < -0.39 is 22.0 Å². The first-order chi connectivity index (χ1) is 14.5. The zero-order valence-electron chi connectivity index (χ0n) is 16.7. The lowest BCUT2D eigenvalue weighted by molar-refractivity contribution is -0.134. The minimum Gasteiger partial charge on any atom is -0.497 e. The molecule has 162 valence electrons. The number of amides is 1. The number of carbonyl (C=O) groups excluding carboxylic acids is 1. The van der Waals surface area contributed by atoms with Gasteiger partial charge in [0.2, 0.25) is 10.0 Å². The molecule has 1 saturated heterocycles. The first kappa shape index (κ1) is 22.6. The van der Waals surface area contributed by atoms with E-state index in [-0.39, 0.29) is 17.4 Å². The Bertz CT molecular complexity index is 936. The predicted octanol–water partition coefficient (Wildman–Crippen LogP) is 3.15. The van der Waals surface area contributed by atoms with Crippen molar-refractivity contribution in [2.24, 2.45) is 5.92 Å². The van der Waals surface area contributed by atoms with Gasteiger partial charge in [-0.2, -0.15) is 4.31 Å². The van der Waals surface area contributed by atoms with Gasteiger partial charge in [-0.05, 0) is 55.2 Å². The first-order valence-corrected chi connectivity index (χ1v) is 12.2. The quantitative estimate of drug-likeness (QED) is 0.382. The Kier molecular flexibility index (Phi) is 7.76. The maximum Gasteiger partial charge on any atom is 0.262 e. The molecule has 0 aromatic heterocycles. The van der Waals surface area contributed by atoms with Crippen LogP contribution in [0, 0.1) is 5.92 Å². The molecule has 2 unspecified atom stereocenters. The molecule has 0 spiro atoms. The van der Waals surface area contributed by atoms with Crippen molar-refractivity contribution in [3.63, 3.8) is 0 Å². The van der Waals surface area contributed by atoms with Crippen molar-refractivity contribution in [1.29, 1.82) is 0 Å². The van der Waals surface area contributed by atoms with Crippen LogP contribution in [0.4, 0.5) is 0 Å². The molecule has 0 radical (unpaired) electrons. The SMILES string of the molecule is COc1ccc(S(=O)(=O)N2CCCCC(CSc3ccccc3)C2C(=O)NO)cc1. The van der Waals surface area contributed by atoms with Gasteiger partial charge in [-0.15, -0.1) is 11.8 Å². The van der Waals surface area contributed by atoms with Crippen LogP contribution in [-0.4, -0.2) is 49.3 Å². The molecule has 1 amide bonds. The van der Waals surface area contributed by atoms with Crippen LogP contribution < -0.4 is 10.2 Å². The van der Waals surface area contributed by atoms with Crippen LogP contribution in [0.3, 0.4) is 0 Å². The lowest BCUT2D eigenvalue weighted by Gasteiger charge is -2.32. The number of hydrogen-bond donors (Lipinski definition) is 2. The standard InChI is InChI=1S/C21H26N2O5S2/c1-28-17-10-12-19(13-11-17)30(26,27)23-14-6-5-7-16(20(23)21(24)22-25)15-29-18-8-3-2-4-9-18/h2-4,8-13,16,20,25H,5-7,14-15H2,1H3,(H,22,24). The monoisotopic (exact) mass is 450 g/mol. The molecular weight excluding hydrogens is 424 g/mol. The van der Waals surface area contributed by atoms with E-state index in [2.05, 4.69) is 0 Å². The van der Waals surface area contributed by atoms with Crippen LogP contribution in [0.1, 0.15) is 19.3 Å². The van der Waals surface area contributed by atoms with E-state index in [0.29, 0.717) is 24.3 Å². The molecule has 1 fully saturated rings. The molecule has 0 aliphatic carbocycles. The molecule has 0 saturated carbocycles. The fourth-order valence-corrected chi connectivity index (χ4v) is 6.46. The number of nitrogens with zero attached hydrogens (tertiary/aromatic N) is 1. The molecule has 2 N–H and O–H groups in total. The van der Waals surface area contributed by atoms with Crippen molar-refractivity contribution in [2.75, 3.05) is 19.4 Å². The number of methoxy groups -OCH3 is 1. The molecule has 1 aliphatic heterocycles. The number of hydroxylamine groups is 1. The number of nitrogens with one attached hydrogen (secondary N) is 1. The highest BCUT2D eigenvalue weighted by Gasteiger charge is 2.42. The number of sulfonamides is 1. The van der Waals surface area contributed by atoms with Gasteiger partial charge in [0.25, 0.3) is 5.91 Å². The molecule has 2 aromatic rings.